The first-order valence-corrected chi connectivity index (χ1v) is 6.52. The number of piperidine rings is 1. The van der Waals surface area contributed by atoms with Crippen LogP contribution in [-0.4, -0.2) is 28.7 Å². The van der Waals surface area contributed by atoms with Gasteiger partial charge in [-0.15, -0.1) is 0 Å². The molecule has 1 heterocycles. The maximum Gasteiger partial charge on any atom is 0.226 e. The van der Waals surface area contributed by atoms with Gasteiger partial charge in [0.2, 0.25) is 5.91 Å². The molecule has 0 aromatic carbocycles. The summed E-state index contributed by atoms with van der Waals surface area (Å²) in [5.41, 5.74) is 0.208. The highest BCUT2D eigenvalue weighted by atomic mass is 79.9. The standard InChI is InChI=1S/C11H18BrNO/c1-11(2,6-12)7-13-9-4-3-8(5-9)10(13)14/h8-9H,3-7H2,1-2H3. The van der Waals surface area contributed by atoms with Crippen LogP contribution in [0.2, 0.25) is 0 Å². The van der Waals surface area contributed by atoms with Crippen molar-refractivity contribution in [3.05, 3.63) is 0 Å². The van der Waals surface area contributed by atoms with E-state index in [-0.39, 0.29) is 5.41 Å². The molecule has 0 spiro atoms. The third-order valence-corrected chi connectivity index (χ3v) is 4.96. The average molecular weight is 260 g/mol. The van der Waals surface area contributed by atoms with Gasteiger partial charge in [0.25, 0.3) is 0 Å². The lowest BCUT2D eigenvalue weighted by Gasteiger charge is -2.34. The van der Waals surface area contributed by atoms with E-state index >= 15 is 0 Å². The van der Waals surface area contributed by atoms with Crippen molar-refractivity contribution in [2.75, 3.05) is 11.9 Å². The van der Waals surface area contributed by atoms with Crippen molar-refractivity contribution in [1.29, 1.82) is 0 Å². The Bertz CT molecular complexity index is 252. The van der Waals surface area contributed by atoms with Crippen LogP contribution >= 0.6 is 15.9 Å². The van der Waals surface area contributed by atoms with Gasteiger partial charge >= 0.3 is 0 Å². The Morgan fingerprint density at radius 1 is 1.50 bits per heavy atom. The number of halogens is 1. The van der Waals surface area contributed by atoms with Crippen molar-refractivity contribution in [2.24, 2.45) is 11.3 Å². The van der Waals surface area contributed by atoms with Crippen LogP contribution in [0.4, 0.5) is 0 Å². The summed E-state index contributed by atoms with van der Waals surface area (Å²) >= 11 is 3.51. The number of nitrogens with zero attached hydrogens (tertiary/aromatic N) is 1. The van der Waals surface area contributed by atoms with Gasteiger partial charge in [-0.3, -0.25) is 4.79 Å². The molecule has 2 unspecified atom stereocenters. The SMILES string of the molecule is CC(C)(CBr)CN1C(=O)C2CCC1C2. The second-order valence-corrected chi connectivity index (χ2v) is 5.99. The zero-order valence-corrected chi connectivity index (χ0v) is 10.5. The summed E-state index contributed by atoms with van der Waals surface area (Å²) in [6, 6.07) is 0.561. The Morgan fingerprint density at radius 2 is 2.21 bits per heavy atom. The molecule has 2 bridgehead atoms. The van der Waals surface area contributed by atoms with E-state index in [2.05, 4.69) is 34.7 Å². The highest BCUT2D eigenvalue weighted by Gasteiger charge is 2.45. The van der Waals surface area contributed by atoms with Gasteiger partial charge in [-0.2, -0.15) is 0 Å². The number of hydrogen-bond donors (Lipinski definition) is 0. The van der Waals surface area contributed by atoms with Crippen LogP contribution in [0.3, 0.4) is 0 Å². The molecule has 80 valence electrons. The number of likely N-dealkylation sites (tertiary alicyclic amines) is 1. The van der Waals surface area contributed by atoms with E-state index in [4.69, 9.17) is 0 Å². The van der Waals surface area contributed by atoms with Gasteiger partial charge in [-0.1, -0.05) is 29.8 Å². The molecule has 2 atom stereocenters. The fourth-order valence-electron chi connectivity index (χ4n) is 2.59. The quantitative estimate of drug-likeness (QED) is 0.714. The molecule has 3 heteroatoms. The fraction of sp³-hybridized carbons (Fsp3) is 0.909. The van der Waals surface area contributed by atoms with E-state index in [1.165, 1.54) is 6.42 Å². The van der Waals surface area contributed by atoms with E-state index in [0.717, 1.165) is 24.7 Å². The number of carbonyl (C=O) groups excluding carboxylic acids is 1. The van der Waals surface area contributed by atoms with Crippen molar-refractivity contribution in [3.8, 4) is 0 Å². The second-order valence-electron chi connectivity index (χ2n) is 5.43. The van der Waals surface area contributed by atoms with Crippen LogP contribution < -0.4 is 0 Å². The Balaban J connectivity index is 2.02. The zero-order valence-electron chi connectivity index (χ0n) is 8.92. The molecule has 2 rings (SSSR count). The summed E-state index contributed by atoms with van der Waals surface area (Å²) in [7, 11) is 0. The van der Waals surface area contributed by atoms with Gasteiger partial charge in [0.15, 0.2) is 0 Å². The Hall–Kier alpha value is -0.0500. The van der Waals surface area contributed by atoms with Gasteiger partial charge in [0.1, 0.15) is 0 Å². The minimum absolute atomic E-state index is 0.208. The zero-order chi connectivity index (χ0) is 10.3. The van der Waals surface area contributed by atoms with Gasteiger partial charge < -0.3 is 4.90 Å². The Kier molecular flexibility index (Phi) is 2.63. The Morgan fingerprint density at radius 3 is 2.71 bits per heavy atom. The number of alkyl halides is 1. The molecule has 1 aliphatic carbocycles. The molecule has 2 nitrogen and oxygen atoms in total. The molecule has 0 aromatic rings. The molecule has 1 aliphatic heterocycles. The number of amides is 1. The average Bonchev–Trinajstić information content (AvgIpc) is 2.70. The lowest BCUT2D eigenvalue weighted by atomic mass is 9.94. The van der Waals surface area contributed by atoms with E-state index in [0.29, 0.717) is 17.9 Å². The Labute approximate surface area is 94.2 Å². The summed E-state index contributed by atoms with van der Waals surface area (Å²) in [6.07, 6.45) is 3.49. The normalized spacial score (nSPS) is 31.6. The lowest BCUT2D eigenvalue weighted by molar-refractivity contribution is -0.135. The van der Waals surface area contributed by atoms with Crippen molar-refractivity contribution in [1.82, 2.24) is 4.90 Å². The van der Waals surface area contributed by atoms with Crippen molar-refractivity contribution >= 4 is 21.8 Å². The first-order chi connectivity index (χ1) is 6.53. The first-order valence-electron chi connectivity index (χ1n) is 5.40. The molecule has 14 heavy (non-hydrogen) atoms. The molecule has 0 N–H and O–H groups in total. The van der Waals surface area contributed by atoms with Crippen LogP contribution in [0.1, 0.15) is 33.1 Å². The number of fused-ring (bicyclic) bond motifs is 2. The minimum atomic E-state index is 0.208. The maximum atomic E-state index is 11.9. The van der Waals surface area contributed by atoms with Crippen LogP contribution in [0.15, 0.2) is 0 Å². The molecular formula is C11H18BrNO. The highest BCUT2D eigenvalue weighted by molar-refractivity contribution is 9.09. The highest BCUT2D eigenvalue weighted by Crippen LogP contribution is 2.40. The second kappa shape index (κ2) is 3.51. The van der Waals surface area contributed by atoms with Crippen LogP contribution in [0, 0.1) is 11.3 Å². The van der Waals surface area contributed by atoms with Gasteiger partial charge in [0, 0.05) is 23.8 Å². The fourth-order valence-corrected chi connectivity index (χ4v) is 2.77. The third-order valence-electron chi connectivity index (χ3n) is 3.44. The van der Waals surface area contributed by atoms with E-state index in [9.17, 15) is 4.79 Å². The summed E-state index contributed by atoms with van der Waals surface area (Å²) in [6.45, 7) is 5.33. The van der Waals surface area contributed by atoms with Crippen LogP contribution in [0.25, 0.3) is 0 Å². The molecule has 0 aromatic heterocycles. The van der Waals surface area contributed by atoms with E-state index in [1.54, 1.807) is 0 Å². The van der Waals surface area contributed by atoms with Gasteiger partial charge in [-0.05, 0) is 24.7 Å². The maximum absolute atomic E-state index is 11.9. The molecule has 1 saturated heterocycles. The van der Waals surface area contributed by atoms with E-state index < -0.39 is 0 Å². The third kappa shape index (κ3) is 1.71. The molecule has 2 fully saturated rings. The number of rotatable bonds is 3. The predicted octanol–water partition coefficient (Wildman–Crippen LogP) is 2.42. The number of carbonyl (C=O) groups is 1. The summed E-state index contributed by atoms with van der Waals surface area (Å²) in [5.74, 6) is 0.779. The number of hydrogen-bond acceptors (Lipinski definition) is 1. The van der Waals surface area contributed by atoms with Crippen LogP contribution in [-0.2, 0) is 4.79 Å². The first kappa shape index (κ1) is 10.5. The minimum Gasteiger partial charge on any atom is -0.339 e. The van der Waals surface area contributed by atoms with Gasteiger partial charge in [0.05, 0.1) is 0 Å². The molecule has 1 saturated carbocycles. The van der Waals surface area contributed by atoms with Crippen LogP contribution in [0.5, 0.6) is 0 Å². The monoisotopic (exact) mass is 259 g/mol. The lowest BCUT2D eigenvalue weighted by Crippen LogP contribution is -2.43. The van der Waals surface area contributed by atoms with Crippen molar-refractivity contribution in [2.45, 2.75) is 39.2 Å². The molecule has 1 amide bonds. The summed E-state index contributed by atoms with van der Waals surface area (Å²) < 4.78 is 0. The smallest absolute Gasteiger partial charge is 0.226 e. The van der Waals surface area contributed by atoms with Crippen molar-refractivity contribution in [3.63, 3.8) is 0 Å². The molecule has 2 aliphatic rings. The van der Waals surface area contributed by atoms with E-state index in [1.807, 2.05) is 0 Å². The summed E-state index contributed by atoms with van der Waals surface area (Å²) in [4.78, 5) is 14.0. The van der Waals surface area contributed by atoms with Gasteiger partial charge in [-0.25, -0.2) is 0 Å². The predicted molar refractivity (Wildman–Crippen MR) is 60.4 cm³/mol. The largest absolute Gasteiger partial charge is 0.339 e. The van der Waals surface area contributed by atoms with Crippen molar-refractivity contribution < 1.29 is 4.79 Å². The molecular weight excluding hydrogens is 242 g/mol. The topological polar surface area (TPSA) is 20.3 Å². The molecule has 0 radical (unpaired) electrons. The summed E-state index contributed by atoms with van der Waals surface area (Å²) in [5, 5.41) is 0.959.